The first kappa shape index (κ1) is 25.5. The lowest BCUT2D eigenvalue weighted by molar-refractivity contribution is 0.0548. The van der Waals surface area contributed by atoms with E-state index in [9.17, 15) is 4.79 Å². The zero-order valence-corrected chi connectivity index (χ0v) is 19.6. The van der Waals surface area contributed by atoms with Crippen molar-refractivity contribution in [1.82, 2.24) is 14.7 Å². The summed E-state index contributed by atoms with van der Waals surface area (Å²) in [4.78, 5) is 15.7. The highest BCUT2D eigenvalue weighted by atomic mass is 16.2. The van der Waals surface area contributed by atoms with E-state index in [4.69, 9.17) is 0 Å². The van der Waals surface area contributed by atoms with Gasteiger partial charge >= 0.3 is 0 Å². The summed E-state index contributed by atoms with van der Waals surface area (Å²) in [5.41, 5.74) is 2.60. The molecule has 0 spiro atoms. The summed E-state index contributed by atoms with van der Waals surface area (Å²) >= 11 is 0. The molecule has 164 valence electrons. The summed E-state index contributed by atoms with van der Waals surface area (Å²) in [7, 11) is 1.90. The van der Waals surface area contributed by atoms with Crippen LogP contribution in [0.25, 0.3) is 5.57 Å². The second-order valence-electron chi connectivity index (χ2n) is 8.28. The number of carbonyl (C=O) groups excluding carboxylic acids is 1. The van der Waals surface area contributed by atoms with Crippen LogP contribution >= 0.6 is 0 Å². The zero-order chi connectivity index (χ0) is 22.8. The third kappa shape index (κ3) is 5.75. The quantitative estimate of drug-likeness (QED) is 0.305. The number of terminal acetylenes is 1. The van der Waals surface area contributed by atoms with E-state index in [1.807, 2.05) is 45.2 Å². The summed E-state index contributed by atoms with van der Waals surface area (Å²) < 4.78 is 1.81. The van der Waals surface area contributed by atoms with Crippen molar-refractivity contribution < 1.29 is 4.79 Å². The maximum Gasteiger partial charge on any atom is 0.258 e. The lowest BCUT2D eigenvalue weighted by Gasteiger charge is -2.36. The molecule has 1 aromatic rings. The monoisotopic (exact) mass is 409 g/mol. The van der Waals surface area contributed by atoms with Gasteiger partial charge in [0.15, 0.2) is 0 Å². The van der Waals surface area contributed by atoms with Gasteiger partial charge in [-0.15, -0.1) is 19.4 Å². The van der Waals surface area contributed by atoms with Gasteiger partial charge in [-0.05, 0) is 77.7 Å². The molecule has 1 amide bonds. The number of hydrogen-bond acceptors (Lipinski definition) is 2. The fraction of sp³-hybridized carbons (Fsp3) is 0.538. The van der Waals surface area contributed by atoms with Crippen LogP contribution in [0.2, 0.25) is 0 Å². The van der Waals surface area contributed by atoms with Crippen molar-refractivity contribution in [2.75, 3.05) is 0 Å². The Labute approximate surface area is 183 Å². The molecule has 2 rings (SSSR count). The Hall–Kier alpha value is -2.54. The summed E-state index contributed by atoms with van der Waals surface area (Å²) in [5, 5.41) is 4.41. The molecule has 1 saturated carbocycles. The molecule has 4 nitrogen and oxygen atoms in total. The van der Waals surface area contributed by atoms with Gasteiger partial charge in [0.1, 0.15) is 0 Å². The minimum atomic E-state index is 0.0848. The molecule has 0 saturated heterocycles. The summed E-state index contributed by atoms with van der Waals surface area (Å²) in [5.74, 6) is 1.35. The fourth-order valence-corrected chi connectivity index (χ4v) is 4.69. The first-order valence-electron chi connectivity index (χ1n) is 10.9. The molecular formula is C26H39N3O. The van der Waals surface area contributed by atoms with Gasteiger partial charge in [-0.2, -0.15) is 5.10 Å². The van der Waals surface area contributed by atoms with Crippen molar-refractivity contribution in [2.24, 2.45) is 18.9 Å². The molecule has 0 aliphatic heterocycles. The van der Waals surface area contributed by atoms with Crippen molar-refractivity contribution in [2.45, 2.75) is 72.4 Å². The van der Waals surface area contributed by atoms with Crippen LogP contribution in [0.1, 0.15) is 76.4 Å². The smallest absolute Gasteiger partial charge is 0.258 e. The van der Waals surface area contributed by atoms with Crippen LogP contribution < -0.4 is 0 Å². The van der Waals surface area contributed by atoms with Crippen LogP contribution in [0.3, 0.4) is 0 Å². The molecular weight excluding hydrogens is 370 g/mol. The van der Waals surface area contributed by atoms with E-state index >= 15 is 0 Å². The van der Waals surface area contributed by atoms with Crippen molar-refractivity contribution in [3.8, 4) is 12.8 Å². The molecule has 3 atom stereocenters. The van der Waals surface area contributed by atoms with Gasteiger partial charge in [-0.1, -0.05) is 24.3 Å². The molecule has 30 heavy (non-hydrogen) atoms. The largest absolute Gasteiger partial charge is 0.333 e. The number of aromatic nitrogens is 2. The summed E-state index contributed by atoms with van der Waals surface area (Å²) in [6, 6.07) is 0.357. The van der Waals surface area contributed by atoms with Crippen LogP contribution in [0, 0.1) is 24.7 Å². The van der Waals surface area contributed by atoms with Gasteiger partial charge in [0, 0.05) is 19.1 Å². The molecule has 1 heterocycles. The molecule has 4 heteroatoms. The van der Waals surface area contributed by atoms with Gasteiger partial charge in [-0.25, -0.2) is 0 Å². The van der Waals surface area contributed by atoms with Gasteiger partial charge in [0.05, 0.1) is 17.5 Å². The van der Waals surface area contributed by atoms with Crippen LogP contribution in [-0.4, -0.2) is 32.7 Å². The maximum absolute atomic E-state index is 13.7. The Balaban J connectivity index is 0.00000218. The van der Waals surface area contributed by atoms with Gasteiger partial charge in [-0.3, -0.25) is 9.48 Å². The zero-order valence-electron chi connectivity index (χ0n) is 19.6. The number of carbonyl (C=O) groups is 1. The molecule has 0 aromatic carbocycles. The second kappa shape index (κ2) is 12.2. The van der Waals surface area contributed by atoms with Crippen molar-refractivity contribution in [3.63, 3.8) is 0 Å². The van der Waals surface area contributed by atoms with Gasteiger partial charge < -0.3 is 4.90 Å². The van der Waals surface area contributed by atoms with E-state index in [0.717, 1.165) is 17.7 Å². The van der Waals surface area contributed by atoms with E-state index < -0.39 is 0 Å². The minimum Gasteiger partial charge on any atom is -0.333 e. The third-order valence-electron chi connectivity index (χ3n) is 6.09. The fourth-order valence-electron chi connectivity index (χ4n) is 4.69. The van der Waals surface area contributed by atoms with E-state index in [2.05, 4.69) is 50.2 Å². The Kier molecular flexibility index (Phi) is 10.4. The lowest BCUT2D eigenvalue weighted by atomic mass is 9.94. The lowest BCUT2D eigenvalue weighted by Crippen LogP contribution is -2.46. The molecule has 0 bridgehead atoms. The van der Waals surface area contributed by atoms with Gasteiger partial charge in [0.2, 0.25) is 0 Å². The first-order valence-corrected chi connectivity index (χ1v) is 10.9. The Morgan fingerprint density at radius 2 is 2.00 bits per heavy atom. The number of aryl methyl sites for hydroxylation is 1. The molecule has 0 N–H and O–H groups in total. The Bertz CT molecular complexity index is 781. The van der Waals surface area contributed by atoms with Crippen molar-refractivity contribution in [3.05, 3.63) is 48.3 Å². The molecule has 1 fully saturated rings. The van der Waals surface area contributed by atoms with Crippen LogP contribution in [0.15, 0.2) is 37.1 Å². The average Bonchev–Trinajstić information content (AvgIpc) is 3.34. The highest BCUT2D eigenvalue weighted by Crippen LogP contribution is 2.38. The van der Waals surface area contributed by atoms with Crippen molar-refractivity contribution >= 4 is 11.5 Å². The van der Waals surface area contributed by atoms with Crippen LogP contribution in [0.5, 0.6) is 0 Å². The normalized spacial score (nSPS) is 20.1. The van der Waals surface area contributed by atoms with E-state index in [0.29, 0.717) is 17.4 Å². The van der Waals surface area contributed by atoms with E-state index in [1.54, 1.807) is 10.9 Å². The number of rotatable bonds is 8. The van der Waals surface area contributed by atoms with E-state index in [1.165, 1.54) is 19.3 Å². The average molecular weight is 410 g/mol. The highest BCUT2D eigenvalue weighted by molar-refractivity contribution is 5.99. The predicted octanol–water partition coefficient (Wildman–Crippen LogP) is 5.88. The topological polar surface area (TPSA) is 38.1 Å². The first-order chi connectivity index (χ1) is 14.3. The Morgan fingerprint density at radius 3 is 2.53 bits per heavy atom. The summed E-state index contributed by atoms with van der Waals surface area (Å²) in [6.45, 7) is 14.3. The van der Waals surface area contributed by atoms with Gasteiger partial charge in [0.25, 0.3) is 5.91 Å². The standard InChI is InChI=1S/C24H37N3O.C2H2/c1-8-11-19-13-14-21(15-19)18(6)27(17(4)5)24(28)22-16-25-26(7)23(22)20(10-3)12-9-2;1-2/h8-10,12,16-19,21H,1,11,13-15H2,2-7H3;1-2H/b12-9-,20-10+;. The molecule has 0 radical (unpaired) electrons. The summed E-state index contributed by atoms with van der Waals surface area (Å²) in [6.07, 6.45) is 22.5. The Morgan fingerprint density at radius 1 is 1.33 bits per heavy atom. The number of allylic oxidation sites excluding steroid dienone is 5. The van der Waals surface area contributed by atoms with Crippen molar-refractivity contribution in [1.29, 1.82) is 0 Å². The number of amides is 1. The second-order valence-corrected chi connectivity index (χ2v) is 8.28. The SMILES string of the molecule is C#C.C=CCC1CCC(C(C)N(C(=O)c2cnn(C)c2C(/C=C\C)=C/C)C(C)C)C1. The third-order valence-corrected chi connectivity index (χ3v) is 6.09. The molecule has 1 aliphatic carbocycles. The molecule has 3 unspecified atom stereocenters. The number of nitrogens with zero attached hydrogens (tertiary/aromatic N) is 3. The molecule has 1 aliphatic rings. The predicted molar refractivity (Wildman–Crippen MR) is 128 cm³/mol. The highest BCUT2D eigenvalue weighted by Gasteiger charge is 2.35. The van der Waals surface area contributed by atoms with E-state index in [-0.39, 0.29) is 18.0 Å². The minimum absolute atomic E-state index is 0.0848. The molecule has 1 aromatic heterocycles. The number of hydrogen-bond donors (Lipinski definition) is 0. The maximum atomic E-state index is 13.7. The van der Waals surface area contributed by atoms with Crippen LogP contribution in [0.4, 0.5) is 0 Å². The van der Waals surface area contributed by atoms with Crippen LogP contribution in [-0.2, 0) is 7.05 Å².